The summed E-state index contributed by atoms with van der Waals surface area (Å²) in [6.07, 6.45) is 6.72. The lowest BCUT2D eigenvalue weighted by Gasteiger charge is -2.30. The standard InChI is InChI=1S/C24H27ClN6O2.C2H6/c1-15-8-10-31(11-9-15)24-27-14-19(25)22(29-24)28-18-5-6-20-17(13-18)12-16(23(33)30(20)3)4-7-21(32)26-2;1-2/h4-7,12-15H,8-11H2,1-3H3,(H,26,32)(H,27,28,29);1-2H3/b7-4+;. The predicted molar refractivity (Wildman–Crippen MR) is 145 cm³/mol. The van der Waals surface area contributed by atoms with Crippen molar-refractivity contribution >= 4 is 51.9 Å². The van der Waals surface area contributed by atoms with E-state index in [2.05, 4.69) is 32.4 Å². The van der Waals surface area contributed by atoms with E-state index in [1.807, 2.05) is 32.0 Å². The Labute approximate surface area is 211 Å². The number of halogens is 1. The second-order valence-electron chi connectivity index (χ2n) is 8.35. The maximum atomic E-state index is 12.6. The number of aromatic nitrogens is 3. The van der Waals surface area contributed by atoms with Crippen LogP contribution in [0.2, 0.25) is 5.02 Å². The molecule has 0 bridgehead atoms. The number of rotatable bonds is 5. The molecule has 9 heteroatoms. The summed E-state index contributed by atoms with van der Waals surface area (Å²) in [7, 11) is 3.25. The molecular weight excluding hydrogens is 464 g/mol. The molecule has 0 saturated carbocycles. The van der Waals surface area contributed by atoms with Gasteiger partial charge in [0.2, 0.25) is 11.9 Å². The number of likely N-dealkylation sites (N-methyl/N-ethyl adjacent to an activating group) is 1. The summed E-state index contributed by atoms with van der Waals surface area (Å²) in [4.78, 5) is 35.5. The van der Waals surface area contributed by atoms with Gasteiger partial charge in [-0.05, 0) is 49.1 Å². The van der Waals surface area contributed by atoms with Gasteiger partial charge in [0.05, 0.1) is 11.7 Å². The molecule has 0 spiro atoms. The molecule has 1 fully saturated rings. The second-order valence-corrected chi connectivity index (χ2v) is 8.75. The SMILES string of the molecule is CC.CNC(=O)/C=C/c1cc2cc(Nc3nc(N4CCC(C)CC4)ncc3Cl)ccc2n(C)c1=O. The first-order chi connectivity index (χ1) is 16.9. The molecule has 0 unspecified atom stereocenters. The Hall–Kier alpha value is -3.39. The summed E-state index contributed by atoms with van der Waals surface area (Å²) in [5, 5.41) is 7.06. The third kappa shape index (κ3) is 6.19. The Morgan fingerprint density at radius 2 is 1.91 bits per heavy atom. The van der Waals surface area contributed by atoms with E-state index in [9.17, 15) is 9.59 Å². The highest BCUT2D eigenvalue weighted by atomic mass is 35.5. The molecule has 3 aromatic rings. The minimum absolute atomic E-state index is 0.178. The van der Waals surface area contributed by atoms with Crippen molar-refractivity contribution in [1.82, 2.24) is 19.9 Å². The van der Waals surface area contributed by atoms with Crippen molar-refractivity contribution in [3.8, 4) is 0 Å². The van der Waals surface area contributed by atoms with Crippen molar-refractivity contribution < 1.29 is 4.79 Å². The highest BCUT2D eigenvalue weighted by molar-refractivity contribution is 6.32. The van der Waals surface area contributed by atoms with E-state index in [1.165, 1.54) is 12.2 Å². The molecule has 4 rings (SSSR count). The van der Waals surface area contributed by atoms with Crippen LogP contribution in [0.3, 0.4) is 0 Å². The zero-order chi connectivity index (χ0) is 25.5. The third-order valence-electron chi connectivity index (χ3n) is 5.97. The third-order valence-corrected chi connectivity index (χ3v) is 6.25. The quantitative estimate of drug-likeness (QED) is 0.495. The van der Waals surface area contributed by atoms with Crippen LogP contribution < -0.4 is 21.1 Å². The Bertz CT molecular complexity index is 1280. The van der Waals surface area contributed by atoms with Crippen LogP contribution in [0.15, 0.2) is 41.3 Å². The molecule has 35 heavy (non-hydrogen) atoms. The summed E-state index contributed by atoms with van der Waals surface area (Å²) in [5.41, 5.74) is 1.80. The van der Waals surface area contributed by atoms with Gasteiger partial charge in [-0.15, -0.1) is 0 Å². The minimum atomic E-state index is -0.273. The summed E-state index contributed by atoms with van der Waals surface area (Å²) in [5.74, 6) is 1.64. The van der Waals surface area contributed by atoms with Gasteiger partial charge < -0.3 is 20.1 Å². The molecule has 1 aromatic carbocycles. The largest absolute Gasteiger partial charge is 0.356 e. The number of piperidine rings is 1. The predicted octanol–water partition coefficient (Wildman–Crippen LogP) is 4.75. The number of pyridine rings is 1. The number of anilines is 3. The van der Waals surface area contributed by atoms with Gasteiger partial charge in [0.1, 0.15) is 5.02 Å². The maximum absolute atomic E-state index is 12.6. The van der Waals surface area contributed by atoms with Crippen LogP contribution in [0.5, 0.6) is 0 Å². The monoisotopic (exact) mass is 496 g/mol. The van der Waals surface area contributed by atoms with Gasteiger partial charge in [0.15, 0.2) is 5.82 Å². The number of fused-ring (bicyclic) bond motifs is 1. The van der Waals surface area contributed by atoms with Crippen molar-refractivity contribution in [1.29, 1.82) is 0 Å². The fourth-order valence-corrected chi connectivity index (χ4v) is 4.04. The van der Waals surface area contributed by atoms with Crippen LogP contribution in [0, 0.1) is 5.92 Å². The van der Waals surface area contributed by atoms with Crippen LogP contribution in [-0.2, 0) is 11.8 Å². The lowest BCUT2D eigenvalue weighted by atomic mass is 10.00. The van der Waals surface area contributed by atoms with Crippen molar-refractivity contribution in [2.75, 3.05) is 30.4 Å². The number of nitrogens with one attached hydrogen (secondary N) is 2. The van der Waals surface area contributed by atoms with Crippen LogP contribution in [0.25, 0.3) is 17.0 Å². The molecule has 8 nitrogen and oxygen atoms in total. The first-order valence-corrected chi connectivity index (χ1v) is 12.3. The second kappa shape index (κ2) is 11.8. The summed E-state index contributed by atoms with van der Waals surface area (Å²) < 4.78 is 1.57. The van der Waals surface area contributed by atoms with Crippen molar-refractivity contribution in [2.45, 2.75) is 33.6 Å². The number of amides is 1. The van der Waals surface area contributed by atoms with E-state index >= 15 is 0 Å². The molecule has 2 N–H and O–H groups in total. The number of nitrogens with zero attached hydrogens (tertiary/aromatic N) is 4. The molecule has 1 saturated heterocycles. The molecule has 1 aliphatic rings. The fraction of sp³-hybridized carbons (Fsp3) is 0.385. The van der Waals surface area contributed by atoms with Gasteiger partial charge in [-0.25, -0.2) is 4.98 Å². The summed E-state index contributed by atoms with van der Waals surface area (Å²) in [6.45, 7) is 8.12. The Morgan fingerprint density at radius 3 is 2.60 bits per heavy atom. The van der Waals surface area contributed by atoms with E-state index in [-0.39, 0.29) is 11.5 Å². The van der Waals surface area contributed by atoms with Gasteiger partial charge in [-0.2, -0.15) is 4.98 Å². The minimum Gasteiger partial charge on any atom is -0.356 e. The molecular formula is C26H33ClN6O2. The van der Waals surface area contributed by atoms with E-state index < -0.39 is 0 Å². The van der Waals surface area contributed by atoms with Gasteiger partial charge in [0.25, 0.3) is 5.56 Å². The lowest BCUT2D eigenvalue weighted by molar-refractivity contribution is -0.115. The average molecular weight is 497 g/mol. The topological polar surface area (TPSA) is 92.2 Å². The van der Waals surface area contributed by atoms with E-state index in [4.69, 9.17) is 11.6 Å². The first kappa shape index (κ1) is 26.2. The zero-order valence-electron chi connectivity index (χ0n) is 20.9. The Morgan fingerprint density at radius 1 is 1.20 bits per heavy atom. The highest BCUT2D eigenvalue weighted by Crippen LogP contribution is 2.28. The number of carbonyl (C=O) groups is 1. The van der Waals surface area contributed by atoms with Crippen LogP contribution in [0.1, 0.15) is 39.2 Å². The molecule has 1 amide bonds. The van der Waals surface area contributed by atoms with E-state index in [0.717, 1.165) is 48.4 Å². The highest BCUT2D eigenvalue weighted by Gasteiger charge is 2.19. The first-order valence-electron chi connectivity index (χ1n) is 11.9. The number of benzene rings is 1. The Balaban J connectivity index is 0.00000167. The molecule has 1 aliphatic heterocycles. The Kier molecular flexibility index (Phi) is 8.87. The van der Waals surface area contributed by atoms with Gasteiger partial charge in [-0.3, -0.25) is 9.59 Å². The van der Waals surface area contributed by atoms with Crippen LogP contribution >= 0.6 is 11.6 Å². The lowest BCUT2D eigenvalue weighted by Crippen LogP contribution is -2.34. The van der Waals surface area contributed by atoms with Crippen LogP contribution in [0.4, 0.5) is 17.5 Å². The molecule has 0 aliphatic carbocycles. The van der Waals surface area contributed by atoms with Crippen molar-refractivity contribution in [2.24, 2.45) is 13.0 Å². The number of carbonyl (C=O) groups excluding carboxylic acids is 1. The van der Waals surface area contributed by atoms with Gasteiger partial charge in [-0.1, -0.05) is 32.4 Å². The van der Waals surface area contributed by atoms with Crippen molar-refractivity contribution in [3.05, 3.63) is 57.5 Å². The maximum Gasteiger partial charge on any atom is 0.258 e. The molecule has 2 aromatic heterocycles. The number of hydrogen-bond donors (Lipinski definition) is 2. The van der Waals surface area contributed by atoms with Crippen molar-refractivity contribution in [3.63, 3.8) is 0 Å². The van der Waals surface area contributed by atoms with Gasteiger partial charge >= 0.3 is 0 Å². The smallest absolute Gasteiger partial charge is 0.258 e. The fourth-order valence-electron chi connectivity index (χ4n) is 3.90. The van der Waals surface area contributed by atoms with E-state index in [0.29, 0.717) is 22.4 Å². The van der Waals surface area contributed by atoms with Gasteiger partial charge in [0, 0.05) is 49.9 Å². The molecule has 0 atom stereocenters. The van der Waals surface area contributed by atoms with Crippen LogP contribution in [-0.4, -0.2) is 40.6 Å². The molecule has 186 valence electrons. The number of aryl methyl sites for hydroxylation is 1. The zero-order valence-corrected chi connectivity index (χ0v) is 21.7. The number of hydrogen-bond acceptors (Lipinski definition) is 6. The molecule has 0 radical (unpaired) electrons. The summed E-state index contributed by atoms with van der Waals surface area (Å²) >= 11 is 6.38. The summed E-state index contributed by atoms with van der Waals surface area (Å²) in [6, 6.07) is 7.44. The average Bonchev–Trinajstić information content (AvgIpc) is 2.88. The normalized spacial score (nSPS) is 14.1. The molecule has 3 heterocycles. The van der Waals surface area contributed by atoms with E-state index in [1.54, 1.807) is 30.9 Å².